The Labute approximate surface area is 139 Å². The number of amides is 2. The number of thiophene rings is 1. The lowest BCUT2D eigenvalue weighted by molar-refractivity contribution is 0.0954. The Hall–Kier alpha value is -2.08. The van der Waals surface area contributed by atoms with Crippen LogP contribution in [0.4, 0.5) is 5.00 Å². The fraction of sp³-hybridized carbons (Fsp3) is 0.412. The lowest BCUT2D eigenvalue weighted by atomic mass is 9.95. The molecule has 0 aromatic carbocycles. The molecule has 0 saturated heterocycles. The first-order valence-corrected chi connectivity index (χ1v) is 8.80. The van der Waals surface area contributed by atoms with Gasteiger partial charge in [-0.25, -0.2) is 0 Å². The maximum atomic E-state index is 12.5. The molecule has 1 aliphatic rings. The van der Waals surface area contributed by atoms with Crippen LogP contribution in [0.2, 0.25) is 0 Å². The Balaban J connectivity index is 1.90. The van der Waals surface area contributed by atoms with Crippen molar-refractivity contribution in [1.82, 2.24) is 5.32 Å². The minimum absolute atomic E-state index is 0.0963. The van der Waals surface area contributed by atoms with E-state index >= 15 is 0 Å². The van der Waals surface area contributed by atoms with E-state index in [-0.39, 0.29) is 17.6 Å². The number of rotatable bonds is 5. The van der Waals surface area contributed by atoms with Crippen LogP contribution in [-0.4, -0.2) is 18.4 Å². The number of aryl methyl sites for hydroxylation is 1. The van der Waals surface area contributed by atoms with Gasteiger partial charge in [0, 0.05) is 11.4 Å². The predicted octanol–water partition coefficient (Wildman–Crippen LogP) is 3.61. The van der Waals surface area contributed by atoms with Crippen molar-refractivity contribution in [3.63, 3.8) is 0 Å². The van der Waals surface area contributed by atoms with Crippen molar-refractivity contribution in [3.8, 4) is 0 Å². The van der Waals surface area contributed by atoms with E-state index in [2.05, 4.69) is 10.6 Å². The van der Waals surface area contributed by atoms with Crippen molar-refractivity contribution >= 4 is 28.2 Å². The fourth-order valence-electron chi connectivity index (χ4n) is 2.79. The number of carbonyl (C=O) groups is 2. The smallest absolute Gasteiger partial charge is 0.291 e. The van der Waals surface area contributed by atoms with Gasteiger partial charge in [-0.3, -0.25) is 9.59 Å². The van der Waals surface area contributed by atoms with Gasteiger partial charge >= 0.3 is 0 Å². The Kier molecular flexibility index (Phi) is 4.81. The average molecular weight is 332 g/mol. The van der Waals surface area contributed by atoms with E-state index in [1.165, 1.54) is 22.5 Å². The summed E-state index contributed by atoms with van der Waals surface area (Å²) in [6.07, 6.45) is 6.44. The molecule has 1 aliphatic carbocycles. The van der Waals surface area contributed by atoms with Crippen LogP contribution in [0, 0.1) is 0 Å². The second kappa shape index (κ2) is 7.00. The molecule has 0 bridgehead atoms. The lowest BCUT2D eigenvalue weighted by Crippen LogP contribution is -2.26. The molecule has 2 amide bonds. The van der Waals surface area contributed by atoms with Gasteiger partial charge in [0.05, 0.1) is 11.8 Å². The molecule has 0 unspecified atom stereocenters. The molecule has 122 valence electrons. The van der Waals surface area contributed by atoms with Crippen molar-refractivity contribution < 1.29 is 14.0 Å². The molecule has 0 radical (unpaired) electrons. The van der Waals surface area contributed by atoms with Crippen molar-refractivity contribution in [2.75, 3.05) is 11.9 Å². The summed E-state index contributed by atoms with van der Waals surface area (Å²) < 4.78 is 5.13. The van der Waals surface area contributed by atoms with E-state index in [1.54, 1.807) is 12.1 Å². The zero-order valence-corrected chi connectivity index (χ0v) is 13.9. The Morgan fingerprint density at radius 3 is 2.83 bits per heavy atom. The maximum Gasteiger partial charge on any atom is 0.291 e. The Morgan fingerprint density at radius 1 is 1.26 bits per heavy atom. The van der Waals surface area contributed by atoms with Gasteiger partial charge in [-0.2, -0.15) is 0 Å². The zero-order chi connectivity index (χ0) is 16.2. The highest BCUT2D eigenvalue weighted by atomic mass is 32.1. The molecule has 2 aromatic rings. The molecular weight excluding hydrogens is 312 g/mol. The van der Waals surface area contributed by atoms with Crippen LogP contribution in [0.3, 0.4) is 0 Å². The summed E-state index contributed by atoms with van der Waals surface area (Å²) in [6, 6.07) is 3.28. The van der Waals surface area contributed by atoms with Crippen LogP contribution < -0.4 is 10.6 Å². The van der Waals surface area contributed by atoms with Gasteiger partial charge in [0.15, 0.2) is 5.76 Å². The molecule has 5 nitrogen and oxygen atoms in total. The first-order valence-electron chi connectivity index (χ1n) is 7.98. The molecule has 0 spiro atoms. The molecule has 2 N–H and O–H groups in total. The highest BCUT2D eigenvalue weighted by Gasteiger charge is 2.26. The van der Waals surface area contributed by atoms with Crippen LogP contribution in [0.5, 0.6) is 0 Å². The van der Waals surface area contributed by atoms with Gasteiger partial charge in [0.25, 0.3) is 11.8 Å². The van der Waals surface area contributed by atoms with Crippen molar-refractivity contribution in [1.29, 1.82) is 0 Å². The van der Waals surface area contributed by atoms with Gasteiger partial charge in [-0.05, 0) is 49.8 Å². The number of carbonyl (C=O) groups excluding carboxylic acids is 2. The van der Waals surface area contributed by atoms with Crippen molar-refractivity contribution in [2.24, 2.45) is 0 Å². The zero-order valence-electron chi connectivity index (χ0n) is 13.1. The summed E-state index contributed by atoms with van der Waals surface area (Å²) in [5, 5.41) is 6.41. The van der Waals surface area contributed by atoms with E-state index in [0.29, 0.717) is 17.1 Å². The van der Waals surface area contributed by atoms with Crippen LogP contribution in [0.25, 0.3) is 0 Å². The van der Waals surface area contributed by atoms with Gasteiger partial charge in [0.1, 0.15) is 5.00 Å². The largest absolute Gasteiger partial charge is 0.459 e. The maximum absolute atomic E-state index is 12.5. The van der Waals surface area contributed by atoms with E-state index < -0.39 is 0 Å². The Bertz CT molecular complexity index is 704. The van der Waals surface area contributed by atoms with Gasteiger partial charge in [0.2, 0.25) is 0 Å². The number of fused-ring (bicyclic) bond motifs is 1. The van der Waals surface area contributed by atoms with Gasteiger partial charge in [-0.15, -0.1) is 11.3 Å². The predicted molar refractivity (Wildman–Crippen MR) is 90.2 cm³/mol. The van der Waals surface area contributed by atoms with Gasteiger partial charge < -0.3 is 15.1 Å². The second-order valence-electron chi connectivity index (χ2n) is 5.60. The number of furan rings is 1. The lowest BCUT2D eigenvalue weighted by Gasteiger charge is -2.13. The number of hydrogen-bond donors (Lipinski definition) is 2. The summed E-state index contributed by atoms with van der Waals surface area (Å²) in [6.45, 7) is 2.65. The SMILES string of the molecule is CCCNC(=O)c1c(NC(=O)c2ccco2)sc2c1CCCC2. The summed E-state index contributed by atoms with van der Waals surface area (Å²) in [4.78, 5) is 26.0. The summed E-state index contributed by atoms with van der Waals surface area (Å²) in [5.41, 5.74) is 1.74. The summed E-state index contributed by atoms with van der Waals surface area (Å²) >= 11 is 1.51. The number of hydrogen-bond acceptors (Lipinski definition) is 4. The second-order valence-corrected chi connectivity index (χ2v) is 6.71. The third kappa shape index (κ3) is 3.32. The minimum Gasteiger partial charge on any atom is -0.459 e. The third-order valence-corrected chi connectivity index (χ3v) is 5.11. The first-order chi connectivity index (χ1) is 11.2. The minimum atomic E-state index is -0.321. The van der Waals surface area contributed by atoms with Crippen LogP contribution in [0.15, 0.2) is 22.8 Å². The van der Waals surface area contributed by atoms with Crippen LogP contribution >= 0.6 is 11.3 Å². The standard InChI is InChI=1S/C17H20N2O3S/c1-2-9-18-16(21)14-11-6-3-4-8-13(11)23-17(14)19-15(20)12-7-5-10-22-12/h5,7,10H,2-4,6,8-9H2,1H3,(H,18,21)(H,19,20). The van der Waals surface area contributed by atoms with Gasteiger partial charge in [-0.1, -0.05) is 6.92 Å². The van der Waals surface area contributed by atoms with Crippen molar-refractivity contribution in [2.45, 2.75) is 39.0 Å². The molecule has 23 heavy (non-hydrogen) atoms. The highest BCUT2D eigenvalue weighted by Crippen LogP contribution is 2.38. The summed E-state index contributed by atoms with van der Waals surface area (Å²) in [5.74, 6) is -0.171. The topological polar surface area (TPSA) is 71.3 Å². The molecular formula is C17H20N2O3S. The Morgan fingerprint density at radius 2 is 2.09 bits per heavy atom. The fourth-order valence-corrected chi connectivity index (χ4v) is 4.08. The average Bonchev–Trinajstić information content (AvgIpc) is 3.19. The summed E-state index contributed by atoms with van der Waals surface area (Å²) in [7, 11) is 0. The highest BCUT2D eigenvalue weighted by molar-refractivity contribution is 7.17. The number of anilines is 1. The molecule has 0 aliphatic heterocycles. The molecule has 2 heterocycles. The third-order valence-electron chi connectivity index (χ3n) is 3.91. The van der Waals surface area contributed by atoms with E-state index in [9.17, 15) is 9.59 Å². The normalized spacial score (nSPS) is 13.4. The quantitative estimate of drug-likeness (QED) is 0.878. The first kappa shape index (κ1) is 15.8. The van der Waals surface area contributed by atoms with E-state index in [1.807, 2.05) is 6.92 Å². The monoisotopic (exact) mass is 332 g/mol. The molecule has 0 atom stereocenters. The molecule has 6 heteroatoms. The van der Waals surface area contributed by atoms with Crippen LogP contribution in [-0.2, 0) is 12.8 Å². The number of nitrogens with one attached hydrogen (secondary N) is 2. The van der Waals surface area contributed by atoms with Crippen LogP contribution in [0.1, 0.15) is 57.5 Å². The molecule has 3 rings (SSSR count). The van der Waals surface area contributed by atoms with E-state index in [4.69, 9.17) is 4.42 Å². The molecule has 0 saturated carbocycles. The van der Waals surface area contributed by atoms with Crippen molar-refractivity contribution in [3.05, 3.63) is 40.2 Å². The molecule has 2 aromatic heterocycles. The van der Waals surface area contributed by atoms with E-state index in [0.717, 1.165) is 37.7 Å². The molecule has 0 fully saturated rings.